The van der Waals surface area contributed by atoms with Gasteiger partial charge in [0.15, 0.2) is 0 Å². The van der Waals surface area contributed by atoms with E-state index in [9.17, 15) is 4.39 Å². The molecule has 3 heteroatoms. The molecule has 0 unspecified atom stereocenters. The van der Waals surface area contributed by atoms with Gasteiger partial charge in [0.05, 0.1) is 10.6 Å². The van der Waals surface area contributed by atoms with Gasteiger partial charge in [0.1, 0.15) is 11.9 Å². The first kappa shape index (κ1) is 10.0. The Morgan fingerprint density at radius 2 is 2.08 bits per heavy atom. The molecule has 0 aliphatic heterocycles. The fraction of sp³-hybridized carbons (Fsp3) is 0.300. The van der Waals surface area contributed by atoms with Crippen LogP contribution in [0.2, 0.25) is 5.02 Å². The van der Waals surface area contributed by atoms with Gasteiger partial charge in [-0.1, -0.05) is 25.4 Å². The van der Waals surface area contributed by atoms with Crippen molar-refractivity contribution >= 4 is 11.6 Å². The second-order valence-corrected chi connectivity index (χ2v) is 3.53. The predicted octanol–water partition coefficient (Wildman–Crippen LogP) is 3.47. The lowest BCUT2D eigenvalue weighted by molar-refractivity contribution is 0.598. The Kier molecular flexibility index (Phi) is 2.90. The molecule has 0 saturated heterocycles. The molecule has 1 rings (SSSR count). The van der Waals surface area contributed by atoms with Crippen molar-refractivity contribution in [3.63, 3.8) is 0 Å². The van der Waals surface area contributed by atoms with E-state index in [2.05, 4.69) is 0 Å². The molecule has 0 heterocycles. The minimum absolute atomic E-state index is 0.0743. The highest BCUT2D eigenvalue weighted by molar-refractivity contribution is 6.31. The van der Waals surface area contributed by atoms with Gasteiger partial charge in [0, 0.05) is 0 Å². The van der Waals surface area contributed by atoms with Crippen molar-refractivity contribution in [3.8, 4) is 6.07 Å². The van der Waals surface area contributed by atoms with Crippen molar-refractivity contribution in [3.05, 3.63) is 34.1 Å². The van der Waals surface area contributed by atoms with Gasteiger partial charge >= 0.3 is 0 Å². The molecule has 0 aliphatic carbocycles. The van der Waals surface area contributed by atoms with Crippen molar-refractivity contribution in [2.75, 3.05) is 0 Å². The second kappa shape index (κ2) is 3.76. The van der Waals surface area contributed by atoms with Crippen LogP contribution < -0.4 is 0 Å². The zero-order valence-corrected chi connectivity index (χ0v) is 8.19. The quantitative estimate of drug-likeness (QED) is 0.676. The maximum atomic E-state index is 13.3. The summed E-state index contributed by atoms with van der Waals surface area (Å²) in [5.41, 5.74) is 0.729. The highest BCUT2D eigenvalue weighted by Crippen LogP contribution is 2.25. The first-order valence-electron chi connectivity index (χ1n) is 3.95. The predicted molar refractivity (Wildman–Crippen MR) is 50.2 cm³/mol. The third-order valence-corrected chi connectivity index (χ3v) is 2.14. The Hall–Kier alpha value is -1.07. The summed E-state index contributed by atoms with van der Waals surface area (Å²) in [5.74, 6) is -0.291. The molecule has 0 aliphatic rings. The SMILES string of the molecule is CC(C)c1cc(Cl)c(C#N)cc1F. The third kappa shape index (κ3) is 1.99. The van der Waals surface area contributed by atoms with E-state index in [-0.39, 0.29) is 17.3 Å². The monoisotopic (exact) mass is 197 g/mol. The number of rotatable bonds is 1. The Labute approximate surface area is 81.8 Å². The molecule has 0 saturated carbocycles. The van der Waals surface area contributed by atoms with Crippen LogP contribution in [0.4, 0.5) is 4.39 Å². The molecular formula is C10H9ClFN. The number of hydrogen-bond acceptors (Lipinski definition) is 1. The van der Waals surface area contributed by atoms with Gasteiger partial charge < -0.3 is 0 Å². The van der Waals surface area contributed by atoms with Gasteiger partial charge in [-0.3, -0.25) is 0 Å². The molecule has 0 aromatic heterocycles. The third-order valence-electron chi connectivity index (χ3n) is 1.83. The lowest BCUT2D eigenvalue weighted by Crippen LogP contribution is -1.94. The molecular weight excluding hydrogens is 189 g/mol. The smallest absolute Gasteiger partial charge is 0.128 e. The van der Waals surface area contributed by atoms with Crippen molar-refractivity contribution in [2.24, 2.45) is 0 Å². The van der Waals surface area contributed by atoms with E-state index in [1.54, 1.807) is 0 Å². The first-order valence-corrected chi connectivity index (χ1v) is 4.33. The molecule has 0 fully saturated rings. The van der Waals surface area contributed by atoms with E-state index >= 15 is 0 Å². The van der Waals surface area contributed by atoms with Crippen LogP contribution in [0.5, 0.6) is 0 Å². The average Bonchev–Trinajstić information content (AvgIpc) is 2.07. The van der Waals surface area contributed by atoms with Gasteiger partial charge in [-0.05, 0) is 23.6 Å². The van der Waals surface area contributed by atoms with E-state index in [0.29, 0.717) is 10.6 Å². The summed E-state index contributed by atoms with van der Waals surface area (Å²) in [6.07, 6.45) is 0. The Morgan fingerprint density at radius 1 is 1.46 bits per heavy atom. The largest absolute Gasteiger partial charge is 0.207 e. The van der Waals surface area contributed by atoms with Crippen LogP contribution in [0.1, 0.15) is 30.9 Å². The number of benzene rings is 1. The summed E-state index contributed by atoms with van der Waals surface area (Å²) in [6.45, 7) is 3.75. The van der Waals surface area contributed by atoms with Crippen LogP contribution in [0.25, 0.3) is 0 Å². The molecule has 0 bridgehead atoms. The van der Waals surface area contributed by atoms with E-state index in [0.717, 1.165) is 0 Å². The molecule has 0 atom stereocenters. The summed E-state index contributed by atoms with van der Waals surface area (Å²) >= 11 is 5.76. The maximum Gasteiger partial charge on any atom is 0.128 e. The van der Waals surface area contributed by atoms with E-state index in [4.69, 9.17) is 16.9 Å². The Bertz CT molecular complexity index is 366. The van der Waals surface area contributed by atoms with Gasteiger partial charge in [-0.25, -0.2) is 4.39 Å². The van der Waals surface area contributed by atoms with Crippen LogP contribution in [-0.4, -0.2) is 0 Å². The fourth-order valence-corrected chi connectivity index (χ4v) is 1.30. The molecule has 1 aromatic carbocycles. The van der Waals surface area contributed by atoms with Gasteiger partial charge in [0.25, 0.3) is 0 Å². The van der Waals surface area contributed by atoms with Gasteiger partial charge in [-0.2, -0.15) is 5.26 Å². The van der Waals surface area contributed by atoms with Crippen molar-refractivity contribution < 1.29 is 4.39 Å². The minimum Gasteiger partial charge on any atom is -0.207 e. The number of hydrogen-bond donors (Lipinski definition) is 0. The maximum absolute atomic E-state index is 13.3. The van der Waals surface area contributed by atoms with Crippen molar-refractivity contribution in [2.45, 2.75) is 19.8 Å². The molecule has 1 aromatic rings. The standard InChI is InChI=1S/C10H9ClFN/c1-6(2)8-4-9(11)7(5-13)3-10(8)12/h3-4,6H,1-2H3. The number of halogens is 2. The lowest BCUT2D eigenvalue weighted by atomic mass is 10.0. The highest BCUT2D eigenvalue weighted by atomic mass is 35.5. The van der Waals surface area contributed by atoms with Crippen molar-refractivity contribution in [1.82, 2.24) is 0 Å². The van der Waals surface area contributed by atoms with E-state index < -0.39 is 0 Å². The zero-order valence-electron chi connectivity index (χ0n) is 7.44. The van der Waals surface area contributed by atoms with Crippen LogP contribution in [0.3, 0.4) is 0 Å². The lowest BCUT2D eigenvalue weighted by Gasteiger charge is -2.07. The molecule has 0 amide bonds. The summed E-state index contributed by atoms with van der Waals surface area (Å²) in [5, 5.41) is 8.88. The Balaban J connectivity index is 3.31. The van der Waals surface area contributed by atoms with Crippen molar-refractivity contribution in [1.29, 1.82) is 5.26 Å². The first-order chi connectivity index (χ1) is 6.06. The average molecular weight is 198 g/mol. The fourth-order valence-electron chi connectivity index (χ4n) is 1.09. The molecule has 1 nitrogen and oxygen atoms in total. The Morgan fingerprint density at radius 3 is 2.54 bits per heavy atom. The summed E-state index contributed by atoms with van der Waals surface area (Å²) in [4.78, 5) is 0. The van der Waals surface area contributed by atoms with Gasteiger partial charge in [-0.15, -0.1) is 0 Å². The molecule has 68 valence electrons. The van der Waals surface area contributed by atoms with Crippen LogP contribution in [0.15, 0.2) is 12.1 Å². The normalized spacial score (nSPS) is 10.2. The number of nitrogens with zero attached hydrogens (tertiary/aromatic N) is 1. The molecule has 0 N–H and O–H groups in total. The highest BCUT2D eigenvalue weighted by Gasteiger charge is 2.10. The summed E-state index contributed by atoms with van der Waals surface area (Å²) in [6, 6.07) is 4.52. The summed E-state index contributed by atoms with van der Waals surface area (Å²) in [7, 11) is 0. The number of nitriles is 1. The zero-order chi connectivity index (χ0) is 10.0. The van der Waals surface area contributed by atoms with E-state index in [1.807, 2.05) is 19.9 Å². The molecule has 13 heavy (non-hydrogen) atoms. The van der Waals surface area contributed by atoms with Crippen LogP contribution in [-0.2, 0) is 0 Å². The minimum atomic E-state index is -0.365. The molecule has 0 radical (unpaired) electrons. The summed E-state index contributed by atoms with van der Waals surface area (Å²) < 4.78 is 13.3. The van der Waals surface area contributed by atoms with Gasteiger partial charge in [0.2, 0.25) is 0 Å². The molecule has 0 spiro atoms. The van der Waals surface area contributed by atoms with Crippen LogP contribution in [0, 0.1) is 17.1 Å². The second-order valence-electron chi connectivity index (χ2n) is 3.12. The van der Waals surface area contributed by atoms with E-state index in [1.165, 1.54) is 12.1 Å². The topological polar surface area (TPSA) is 23.8 Å². The van der Waals surface area contributed by atoms with Crippen LogP contribution >= 0.6 is 11.6 Å².